The number of hydrogen-bond acceptors (Lipinski definition) is 6. The summed E-state index contributed by atoms with van der Waals surface area (Å²) in [6.07, 6.45) is -4.07. The highest BCUT2D eigenvalue weighted by Gasteiger charge is 2.34. The molecule has 0 fully saturated rings. The average Bonchev–Trinajstić information content (AvgIpc) is 2.91. The highest BCUT2D eigenvalue weighted by Crippen LogP contribution is 2.37. The van der Waals surface area contributed by atoms with Crippen LogP contribution in [0.2, 0.25) is 0 Å². The second-order valence-corrected chi connectivity index (χ2v) is 8.25. The Kier molecular flexibility index (Phi) is 6.86. The van der Waals surface area contributed by atoms with Gasteiger partial charge in [0.25, 0.3) is 0 Å². The van der Waals surface area contributed by atoms with Crippen molar-refractivity contribution >= 4 is 28.4 Å². The highest BCUT2D eigenvalue weighted by atomic mass is 19.4. The minimum absolute atomic E-state index is 0.0113. The predicted octanol–water partition coefficient (Wildman–Crippen LogP) is 7.04. The van der Waals surface area contributed by atoms with Crippen molar-refractivity contribution in [1.29, 1.82) is 0 Å². The summed E-state index contributed by atoms with van der Waals surface area (Å²) in [5.41, 5.74) is 3.87. The number of ether oxygens (including phenoxy) is 1. The normalized spacial score (nSPS) is 11.2. The number of rotatable bonds is 6. The quantitative estimate of drug-likeness (QED) is 0.252. The molecule has 0 saturated carbocycles. The third-order valence-electron chi connectivity index (χ3n) is 5.66. The van der Waals surface area contributed by atoms with E-state index in [1.54, 1.807) is 0 Å². The van der Waals surface area contributed by atoms with Crippen LogP contribution in [0, 0.1) is 0 Å². The van der Waals surface area contributed by atoms with Crippen molar-refractivity contribution in [3.8, 4) is 22.4 Å². The van der Waals surface area contributed by atoms with Crippen molar-refractivity contribution in [3.63, 3.8) is 0 Å². The van der Waals surface area contributed by atoms with E-state index in [0.29, 0.717) is 23.6 Å². The van der Waals surface area contributed by atoms with Crippen LogP contribution in [-0.2, 0) is 11.3 Å². The molecule has 5 rings (SSSR count). The number of carbonyl (C=O) groups excluding carboxylic acids is 1. The molecule has 0 unspecified atom stereocenters. The number of benzene rings is 3. The van der Waals surface area contributed by atoms with Gasteiger partial charge in [-0.15, -0.1) is 23.4 Å². The Labute approximate surface area is 215 Å². The van der Waals surface area contributed by atoms with Gasteiger partial charge in [0.15, 0.2) is 5.82 Å². The number of nitrogens with one attached hydrogen (secondary N) is 2. The monoisotopic (exact) mass is 515 g/mol. The van der Waals surface area contributed by atoms with Crippen LogP contribution in [0.4, 0.5) is 29.5 Å². The molecular weight excluding hydrogens is 495 g/mol. The van der Waals surface area contributed by atoms with Crippen LogP contribution in [0.5, 0.6) is 0 Å². The third-order valence-corrected chi connectivity index (χ3v) is 5.66. The van der Waals surface area contributed by atoms with Crippen molar-refractivity contribution in [2.45, 2.75) is 12.9 Å². The van der Waals surface area contributed by atoms with Gasteiger partial charge in [0.2, 0.25) is 0 Å². The van der Waals surface area contributed by atoms with Crippen LogP contribution in [0.3, 0.4) is 0 Å². The summed E-state index contributed by atoms with van der Waals surface area (Å²) in [7, 11) is 0. The number of hydrogen-bond donors (Lipinski definition) is 2. The van der Waals surface area contributed by atoms with E-state index in [0.717, 1.165) is 27.5 Å². The molecule has 3 aromatic carbocycles. The number of nitrogens with zero attached hydrogens (tertiary/aromatic N) is 3. The topological polar surface area (TPSA) is 89.0 Å². The Morgan fingerprint density at radius 3 is 2.32 bits per heavy atom. The van der Waals surface area contributed by atoms with Crippen LogP contribution in [0.15, 0.2) is 97.3 Å². The molecule has 1 amide bonds. The molecular formula is C28H20F3N5O2. The first kappa shape index (κ1) is 24.7. The molecule has 5 aromatic rings. The SMILES string of the molecule is O=C(Nc1cncc(-c2nnc(NCc3ccccc3)c3c(-c4ccccc4)cccc23)c1)OC(F)(F)F. The Balaban J connectivity index is 1.58. The third kappa shape index (κ3) is 5.70. The smallest absolute Gasteiger partial charge is 0.364 e. The van der Waals surface area contributed by atoms with Gasteiger partial charge in [-0.3, -0.25) is 10.3 Å². The number of aromatic nitrogens is 3. The number of carbonyl (C=O) groups is 1. The van der Waals surface area contributed by atoms with E-state index in [-0.39, 0.29) is 5.69 Å². The lowest BCUT2D eigenvalue weighted by molar-refractivity contribution is -0.289. The van der Waals surface area contributed by atoms with E-state index in [9.17, 15) is 18.0 Å². The minimum atomic E-state index is -5.10. The molecule has 7 nitrogen and oxygen atoms in total. The second-order valence-electron chi connectivity index (χ2n) is 8.25. The van der Waals surface area contributed by atoms with Crippen molar-refractivity contribution in [2.75, 3.05) is 10.6 Å². The molecule has 38 heavy (non-hydrogen) atoms. The Morgan fingerprint density at radius 2 is 1.58 bits per heavy atom. The van der Waals surface area contributed by atoms with Gasteiger partial charge in [-0.1, -0.05) is 78.9 Å². The van der Waals surface area contributed by atoms with Crippen molar-refractivity contribution in [2.24, 2.45) is 0 Å². The Morgan fingerprint density at radius 1 is 0.842 bits per heavy atom. The average molecular weight is 515 g/mol. The van der Waals surface area contributed by atoms with Crippen molar-refractivity contribution in [1.82, 2.24) is 15.2 Å². The van der Waals surface area contributed by atoms with E-state index >= 15 is 0 Å². The number of fused-ring (bicyclic) bond motifs is 1. The number of pyridine rings is 1. The summed E-state index contributed by atoms with van der Waals surface area (Å²) in [6.45, 7) is 0.523. The first-order chi connectivity index (χ1) is 18.4. The van der Waals surface area contributed by atoms with Gasteiger partial charge in [0, 0.05) is 29.1 Å². The van der Waals surface area contributed by atoms with E-state index < -0.39 is 12.5 Å². The first-order valence-electron chi connectivity index (χ1n) is 11.5. The van der Waals surface area contributed by atoms with Gasteiger partial charge in [0.1, 0.15) is 5.69 Å². The summed E-state index contributed by atoms with van der Waals surface area (Å²) in [6, 6.07) is 26.9. The maximum Gasteiger partial charge on any atom is 0.576 e. The van der Waals surface area contributed by atoms with E-state index in [2.05, 4.69) is 25.2 Å². The summed E-state index contributed by atoms with van der Waals surface area (Å²) in [5, 5.41) is 15.9. The molecule has 0 bridgehead atoms. The fourth-order valence-corrected chi connectivity index (χ4v) is 4.07. The van der Waals surface area contributed by atoms with E-state index in [1.165, 1.54) is 18.5 Å². The lowest BCUT2D eigenvalue weighted by Gasteiger charge is -2.15. The number of amides is 1. The number of halogens is 3. The molecule has 0 saturated heterocycles. The Hall–Kier alpha value is -4.99. The van der Waals surface area contributed by atoms with Crippen LogP contribution >= 0.6 is 0 Å². The lowest BCUT2D eigenvalue weighted by Crippen LogP contribution is -2.23. The zero-order valence-electron chi connectivity index (χ0n) is 19.7. The van der Waals surface area contributed by atoms with Crippen LogP contribution in [0.25, 0.3) is 33.2 Å². The van der Waals surface area contributed by atoms with Gasteiger partial charge in [0.05, 0.1) is 11.9 Å². The molecule has 0 atom stereocenters. The fraction of sp³-hybridized carbons (Fsp3) is 0.0714. The summed E-state index contributed by atoms with van der Waals surface area (Å²) in [5.74, 6) is 0.572. The lowest BCUT2D eigenvalue weighted by atomic mass is 9.96. The molecule has 0 aliphatic carbocycles. The molecule has 0 aliphatic heterocycles. The largest absolute Gasteiger partial charge is 0.576 e. The van der Waals surface area contributed by atoms with Crippen LogP contribution in [-0.4, -0.2) is 27.6 Å². The zero-order chi connectivity index (χ0) is 26.5. The highest BCUT2D eigenvalue weighted by molar-refractivity contribution is 6.08. The molecule has 0 spiro atoms. The summed E-state index contributed by atoms with van der Waals surface area (Å²) >= 11 is 0. The molecule has 2 N–H and O–H groups in total. The molecule has 2 aromatic heterocycles. The van der Waals surface area contributed by atoms with Gasteiger partial charge < -0.3 is 10.1 Å². The van der Waals surface area contributed by atoms with Crippen molar-refractivity contribution in [3.05, 3.63) is 103 Å². The first-order valence-corrected chi connectivity index (χ1v) is 11.5. The summed E-state index contributed by atoms with van der Waals surface area (Å²) < 4.78 is 40.6. The number of alkyl halides is 3. The van der Waals surface area contributed by atoms with Gasteiger partial charge in [-0.05, 0) is 22.8 Å². The molecule has 10 heteroatoms. The fourth-order valence-electron chi connectivity index (χ4n) is 4.07. The molecule has 2 heterocycles. The van der Waals surface area contributed by atoms with Gasteiger partial charge in [-0.25, -0.2) is 4.79 Å². The molecule has 0 aliphatic rings. The zero-order valence-corrected chi connectivity index (χ0v) is 19.7. The van der Waals surface area contributed by atoms with Crippen LogP contribution < -0.4 is 10.6 Å². The van der Waals surface area contributed by atoms with Gasteiger partial charge >= 0.3 is 12.5 Å². The van der Waals surface area contributed by atoms with E-state index in [4.69, 9.17) is 0 Å². The maximum atomic E-state index is 12.4. The van der Waals surface area contributed by atoms with E-state index in [1.807, 2.05) is 84.2 Å². The Bertz CT molecular complexity index is 1580. The second kappa shape index (κ2) is 10.6. The molecule has 190 valence electrons. The number of anilines is 2. The maximum absolute atomic E-state index is 12.4. The predicted molar refractivity (Wildman–Crippen MR) is 138 cm³/mol. The van der Waals surface area contributed by atoms with Crippen molar-refractivity contribution < 1.29 is 22.7 Å². The summed E-state index contributed by atoms with van der Waals surface area (Å²) in [4.78, 5) is 15.7. The minimum Gasteiger partial charge on any atom is -0.364 e. The standard InChI is InChI=1S/C28H20F3N5O2/c29-28(30,31)38-27(37)34-21-14-20(16-32-17-21)25-23-13-7-12-22(19-10-5-2-6-11-19)24(23)26(36-35-25)33-15-18-8-3-1-4-9-18/h1-14,16-17H,15H2,(H,33,36)(H,34,37). The molecule has 0 radical (unpaired) electrons. The van der Waals surface area contributed by atoms with Gasteiger partial charge in [-0.2, -0.15) is 0 Å². The van der Waals surface area contributed by atoms with Crippen LogP contribution in [0.1, 0.15) is 5.56 Å².